The second-order valence-corrected chi connectivity index (χ2v) is 6.29. The van der Waals surface area contributed by atoms with Crippen molar-refractivity contribution in [1.29, 1.82) is 0 Å². The number of nitrogens with zero attached hydrogens (tertiary/aromatic N) is 1. The first-order chi connectivity index (χ1) is 11.3. The van der Waals surface area contributed by atoms with Crippen molar-refractivity contribution in [2.24, 2.45) is 12.5 Å². The molecule has 0 unspecified atom stereocenters. The van der Waals surface area contributed by atoms with Crippen LogP contribution in [0.1, 0.15) is 44.3 Å². The number of pyridine rings is 1. The molecule has 2 rings (SSSR count). The molecule has 0 saturated heterocycles. The fourth-order valence-corrected chi connectivity index (χ4v) is 2.28. The van der Waals surface area contributed by atoms with Crippen LogP contribution >= 0.6 is 0 Å². The Hall–Kier alpha value is -1.63. The summed E-state index contributed by atoms with van der Waals surface area (Å²) in [6, 6.07) is 9.54. The number of hydrogen-bond acceptors (Lipinski definition) is 0. The molecule has 0 aliphatic rings. The van der Waals surface area contributed by atoms with Gasteiger partial charge in [-0.05, 0) is 42.8 Å². The molecule has 20 heavy (non-hydrogen) atoms. The quantitative estimate of drug-likeness (QED) is 0.715. The monoisotopic (exact) mass is 273 g/mol. The summed E-state index contributed by atoms with van der Waals surface area (Å²) >= 11 is 0. The Morgan fingerprint density at radius 1 is 1.20 bits per heavy atom. The third kappa shape index (κ3) is 3.27. The summed E-state index contributed by atoms with van der Waals surface area (Å²) in [5.74, 6) is 0. The molecule has 106 valence electrons. The molecule has 0 aliphatic carbocycles. The van der Waals surface area contributed by atoms with Gasteiger partial charge < -0.3 is 0 Å². The van der Waals surface area contributed by atoms with E-state index in [0.29, 0.717) is 0 Å². The van der Waals surface area contributed by atoms with Crippen molar-refractivity contribution < 1.29 is 11.4 Å². The highest BCUT2D eigenvalue weighted by Gasteiger charge is 2.19. The van der Waals surface area contributed by atoms with Crippen molar-refractivity contribution in [2.75, 3.05) is 0 Å². The van der Waals surface area contributed by atoms with Gasteiger partial charge >= 0.3 is 0 Å². The van der Waals surface area contributed by atoms with Crippen molar-refractivity contribution in [2.45, 2.75) is 40.9 Å². The molecule has 0 saturated carbocycles. The van der Waals surface area contributed by atoms with Crippen LogP contribution in [0.25, 0.3) is 11.3 Å². The summed E-state index contributed by atoms with van der Waals surface area (Å²) in [6.45, 7) is 4.98. The summed E-state index contributed by atoms with van der Waals surface area (Å²) in [7, 11) is 1.80. The third-order valence-corrected chi connectivity index (χ3v) is 3.20. The average molecular weight is 273 g/mol. The number of benzene rings is 1. The minimum atomic E-state index is -2.38. The van der Waals surface area contributed by atoms with E-state index >= 15 is 0 Å². The van der Waals surface area contributed by atoms with E-state index in [9.17, 15) is 0 Å². The zero-order chi connectivity index (χ0) is 19.2. The summed E-state index contributed by atoms with van der Waals surface area (Å²) in [4.78, 5) is 0. The predicted molar refractivity (Wildman–Crippen MR) is 85.7 cm³/mol. The highest BCUT2D eigenvalue weighted by atomic mass is 14.9. The van der Waals surface area contributed by atoms with Crippen LogP contribution in [0.15, 0.2) is 36.5 Å². The minimum absolute atomic E-state index is 0.0623. The second-order valence-electron chi connectivity index (χ2n) is 6.29. The summed E-state index contributed by atoms with van der Waals surface area (Å²) < 4.78 is 42.6. The molecule has 0 radical (unpaired) electrons. The van der Waals surface area contributed by atoms with E-state index in [1.807, 2.05) is 31.2 Å². The summed E-state index contributed by atoms with van der Waals surface area (Å²) in [5, 5.41) is 0. The fraction of sp³-hybridized carbons (Fsp3) is 0.421. The van der Waals surface area contributed by atoms with Gasteiger partial charge in [0.1, 0.15) is 7.05 Å². The van der Waals surface area contributed by atoms with E-state index in [1.54, 1.807) is 44.6 Å². The Labute approximate surface area is 130 Å². The fourth-order valence-electron chi connectivity index (χ4n) is 2.28. The highest BCUT2D eigenvalue weighted by Crippen LogP contribution is 2.26. The SMILES string of the molecule is [2H]C([2H])([2H])c1c[n+](C)c(-c2ccccc2C)cc1C([2H])([2H])C(C)(C)C. The van der Waals surface area contributed by atoms with Gasteiger partial charge in [0.05, 0.1) is 0 Å². The maximum absolute atomic E-state index is 8.63. The Morgan fingerprint density at radius 3 is 2.50 bits per heavy atom. The maximum atomic E-state index is 8.63. The lowest BCUT2D eigenvalue weighted by Gasteiger charge is -2.19. The first-order valence-electron chi connectivity index (χ1n) is 9.37. The first-order valence-corrected chi connectivity index (χ1v) is 6.87. The molecule has 0 atom stereocenters. The molecule has 0 amide bonds. The minimum Gasteiger partial charge on any atom is -0.201 e. The summed E-state index contributed by atoms with van der Waals surface area (Å²) in [6.07, 6.45) is -0.240. The maximum Gasteiger partial charge on any atom is 0.212 e. The van der Waals surface area contributed by atoms with Gasteiger partial charge in [-0.1, -0.05) is 39.0 Å². The number of aryl methyl sites for hydroxylation is 3. The van der Waals surface area contributed by atoms with Crippen molar-refractivity contribution in [3.05, 3.63) is 53.2 Å². The lowest BCUT2D eigenvalue weighted by atomic mass is 9.86. The Morgan fingerprint density at radius 2 is 1.90 bits per heavy atom. The van der Waals surface area contributed by atoms with Gasteiger partial charge in [0.15, 0.2) is 6.20 Å². The van der Waals surface area contributed by atoms with Crippen LogP contribution in [-0.2, 0) is 13.4 Å². The highest BCUT2D eigenvalue weighted by molar-refractivity contribution is 5.61. The van der Waals surface area contributed by atoms with Crippen LogP contribution in [0.4, 0.5) is 0 Å². The van der Waals surface area contributed by atoms with Crippen LogP contribution in [0.2, 0.25) is 0 Å². The molecule has 1 aromatic carbocycles. The molecule has 1 nitrogen and oxygen atoms in total. The van der Waals surface area contributed by atoms with Crippen molar-refractivity contribution in [3.8, 4) is 11.3 Å². The number of aromatic nitrogens is 1. The van der Waals surface area contributed by atoms with Gasteiger partial charge in [0, 0.05) is 24.0 Å². The third-order valence-electron chi connectivity index (χ3n) is 3.20. The standard InChI is InChI=1S/C19H26N/c1-14-9-7-8-10-17(14)18-11-16(12-19(3,4)5)15(2)13-20(18)6/h7-11,13H,12H2,1-6H3/q+1/i2D3,12D2. The average Bonchev–Trinajstić information content (AvgIpc) is 2.45. The van der Waals surface area contributed by atoms with E-state index in [0.717, 1.165) is 16.8 Å². The van der Waals surface area contributed by atoms with Gasteiger partial charge in [-0.25, -0.2) is 4.57 Å². The normalized spacial score (nSPS) is 16.8. The molecular weight excluding hydrogens is 242 g/mol. The molecular formula is C19H26N+. The molecule has 0 fully saturated rings. The Kier molecular flexibility index (Phi) is 2.52. The molecule has 0 N–H and O–H groups in total. The van der Waals surface area contributed by atoms with E-state index in [2.05, 4.69) is 0 Å². The van der Waals surface area contributed by atoms with Crippen molar-refractivity contribution in [1.82, 2.24) is 0 Å². The van der Waals surface area contributed by atoms with Crippen LogP contribution in [0, 0.1) is 19.2 Å². The lowest BCUT2D eigenvalue weighted by Crippen LogP contribution is -2.32. The van der Waals surface area contributed by atoms with Gasteiger partial charge in [-0.2, -0.15) is 0 Å². The van der Waals surface area contributed by atoms with Crippen LogP contribution in [0.3, 0.4) is 0 Å². The van der Waals surface area contributed by atoms with Crippen molar-refractivity contribution in [3.63, 3.8) is 0 Å². The van der Waals surface area contributed by atoms with Crippen LogP contribution < -0.4 is 4.57 Å². The second kappa shape index (κ2) is 5.40. The molecule has 0 spiro atoms. The topological polar surface area (TPSA) is 3.88 Å². The Balaban J connectivity index is 2.85. The van der Waals surface area contributed by atoms with Gasteiger partial charge in [-0.3, -0.25) is 0 Å². The molecule has 1 aromatic heterocycles. The smallest absolute Gasteiger partial charge is 0.201 e. The molecule has 1 heteroatoms. The van der Waals surface area contributed by atoms with E-state index in [4.69, 9.17) is 6.85 Å². The summed E-state index contributed by atoms with van der Waals surface area (Å²) in [5.41, 5.74) is 2.38. The zero-order valence-electron chi connectivity index (χ0n) is 17.9. The van der Waals surface area contributed by atoms with E-state index in [-0.39, 0.29) is 11.1 Å². The zero-order valence-corrected chi connectivity index (χ0v) is 12.9. The Bertz CT molecular complexity index is 785. The predicted octanol–water partition coefficient (Wildman–Crippen LogP) is 4.38. The molecule has 0 aliphatic heterocycles. The van der Waals surface area contributed by atoms with Gasteiger partial charge in [0.2, 0.25) is 5.69 Å². The number of hydrogen-bond donors (Lipinski definition) is 0. The van der Waals surface area contributed by atoms with Gasteiger partial charge in [-0.15, -0.1) is 0 Å². The van der Waals surface area contributed by atoms with E-state index in [1.165, 1.54) is 0 Å². The lowest BCUT2D eigenvalue weighted by molar-refractivity contribution is -0.660. The number of rotatable bonds is 2. The van der Waals surface area contributed by atoms with E-state index < -0.39 is 18.6 Å². The van der Waals surface area contributed by atoms with Crippen molar-refractivity contribution >= 4 is 0 Å². The van der Waals surface area contributed by atoms with Crippen LogP contribution in [0.5, 0.6) is 0 Å². The largest absolute Gasteiger partial charge is 0.212 e. The van der Waals surface area contributed by atoms with Gasteiger partial charge in [0.25, 0.3) is 0 Å². The van der Waals surface area contributed by atoms with Crippen LogP contribution in [-0.4, -0.2) is 0 Å². The first kappa shape index (κ1) is 9.33. The molecule has 2 aromatic rings. The molecule has 1 heterocycles. The molecule has 0 bridgehead atoms.